The molecule has 1 N–H and O–H groups in total. The van der Waals surface area contributed by atoms with Gasteiger partial charge in [0.25, 0.3) is 0 Å². The minimum Gasteiger partial charge on any atom is -0.354 e. The molecule has 0 heterocycles. The molecule has 3 nitrogen and oxygen atoms in total. The van der Waals surface area contributed by atoms with Crippen LogP contribution < -0.4 is 5.32 Å². The Balaban J connectivity index is 2.34. The molecular weight excluding hydrogens is 254 g/mol. The molecule has 0 aliphatic heterocycles. The van der Waals surface area contributed by atoms with E-state index < -0.39 is 10.8 Å². The first-order chi connectivity index (χ1) is 8.09. The van der Waals surface area contributed by atoms with Crippen LogP contribution in [0, 0.1) is 0 Å². The first-order valence-corrected chi connectivity index (χ1v) is 7.63. The second-order valence-electron chi connectivity index (χ2n) is 3.77. The van der Waals surface area contributed by atoms with E-state index in [-0.39, 0.29) is 11.2 Å². The van der Waals surface area contributed by atoms with Crippen molar-refractivity contribution >= 4 is 29.3 Å². The van der Waals surface area contributed by atoms with E-state index >= 15 is 0 Å². The van der Waals surface area contributed by atoms with E-state index in [1.807, 2.05) is 30.3 Å². The van der Waals surface area contributed by atoms with Crippen molar-refractivity contribution in [3.05, 3.63) is 35.9 Å². The Kier molecular flexibility index (Phi) is 6.29. The van der Waals surface area contributed by atoms with Gasteiger partial charge in [-0.25, -0.2) is 0 Å². The van der Waals surface area contributed by atoms with Gasteiger partial charge >= 0.3 is 0 Å². The molecule has 1 aromatic rings. The molecule has 0 bridgehead atoms. The van der Waals surface area contributed by atoms with Crippen LogP contribution in [0.5, 0.6) is 0 Å². The summed E-state index contributed by atoms with van der Waals surface area (Å²) < 4.78 is 10.8. The number of thiol groups is 1. The third kappa shape index (κ3) is 5.89. The van der Waals surface area contributed by atoms with Gasteiger partial charge in [-0.1, -0.05) is 30.3 Å². The second kappa shape index (κ2) is 7.50. The highest BCUT2D eigenvalue weighted by Crippen LogP contribution is 2.07. The van der Waals surface area contributed by atoms with Crippen molar-refractivity contribution < 1.29 is 9.00 Å². The molecule has 0 saturated carbocycles. The highest BCUT2D eigenvalue weighted by atomic mass is 32.2. The second-order valence-corrected chi connectivity index (χ2v) is 5.95. The quantitative estimate of drug-likeness (QED) is 0.759. The van der Waals surface area contributed by atoms with E-state index in [0.717, 1.165) is 5.56 Å². The smallest absolute Gasteiger partial charge is 0.233 e. The van der Waals surface area contributed by atoms with Gasteiger partial charge in [0.15, 0.2) is 0 Å². The third-order valence-corrected chi connectivity index (χ3v) is 3.46. The number of rotatable bonds is 6. The molecule has 1 amide bonds. The Morgan fingerprint density at radius 2 is 2.06 bits per heavy atom. The van der Waals surface area contributed by atoms with Crippen molar-refractivity contribution in [1.82, 2.24) is 5.32 Å². The zero-order valence-electron chi connectivity index (χ0n) is 9.76. The van der Waals surface area contributed by atoms with Crippen LogP contribution >= 0.6 is 12.6 Å². The van der Waals surface area contributed by atoms with Crippen LogP contribution in [-0.2, 0) is 22.0 Å². The predicted molar refractivity (Wildman–Crippen MR) is 74.9 cm³/mol. The lowest BCUT2D eigenvalue weighted by Gasteiger charge is -2.11. The molecule has 0 aromatic heterocycles. The highest BCUT2D eigenvalue weighted by Gasteiger charge is 2.13. The maximum atomic E-state index is 11.6. The average molecular weight is 271 g/mol. The molecule has 0 radical (unpaired) electrons. The number of carbonyl (C=O) groups excluding carboxylic acids is 1. The van der Waals surface area contributed by atoms with Crippen LogP contribution in [-0.4, -0.2) is 33.9 Å². The molecule has 1 rings (SSSR count). The summed E-state index contributed by atoms with van der Waals surface area (Å²) in [5.74, 6) is 0.375. The molecule has 0 aliphatic carbocycles. The van der Waals surface area contributed by atoms with Gasteiger partial charge in [-0.3, -0.25) is 9.00 Å². The topological polar surface area (TPSA) is 46.2 Å². The summed E-state index contributed by atoms with van der Waals surface area (Å²) in [7, 11) is -0.873. The van der Waals surface area contributed by atoms with E-state index in [9.17, 15) is 9.00 Å². The standard InChI is InChI=1S/C12H17NO2S2/c1-17(15)8-7-13-12(14)11(16)9-10-5-3-2-4-6-10/h2-6,11,16H,7-9H2,1H3,(H,13,14). The number of hydrogen-bond donors (Lipinski definition) is 2. The third-order valence-electron chi connectivity index (χ3n) is 2.26. The van der Waals surface area contributed by atoms with Crippen molar-refractivity contribution in [3.63, 3.8) is 0 Å². The lowest BCUT2D eigenvalue weighted by Crippen LogP contribution is -2.35. The zero-order valence-corrected chi connectivity index (χ0v) is 11.5. The summed E-state index contributed by atoms with van der Waals surface area (Å²) in [5, 5.41) is 2.37. The maximum Gasteiger partial charge on any atom is 0.233 e. The van der Waals surface area contributed by atoms with E-state index in [4.69, 9.17) is 0 Å². The fourth-order valence-corrected chi connectivity index (χ4v) is 2.06. The highest BCUT2D eigenvalue weighted by molar-refractivity contribution is 7.84. The SMILES string of the molecule is CS(=O)CCNC(=O)C(S)Cc1ccccc1. The maximum absolute atomic E-state index is 11.6. The molecule has 0 fully saturated rings. The number of benzene rings is 1. The van der Waals surface area contributed by atoms with Gasteiger partial charge in [0.05, 0.1) is 5.25 Å². The molecule has 17 heavy (non-hydrogen) atoms. The normalized spacial score (nSPS) is 14.0. The summed E-state index contributed by atoms with van der Waals surface area (Å²) in [4.78, 5) is 11.6. The molecule has 94 valence electrons. The lowest BCUT2D eigenvalue weighted by molar-refractivity contribution is -0.120. The largest absolute Gasteiger partial charge is 0.354 e. The van der Waals surface area contributed by atoms with Crippen LogP contribution in [0.1, 0.15) is 5.56 Å². The van der Waals surface area contributed by atoms with E-state index in [2.05, 4.69) is 17.9 Å². The van der Waals surface area contributed by atoms with Crippen LogP contribution in [0.4, 0.5) is 0 Å². The molecule has 0 spiro atoms. The van der Waals surface area contributed by atoms with E-state index in [1.165, 1.54) is 0 Å². The van der Waals surface area contributed by atoms with Gasteiger partial charge < -0.3 is 5.32 Å². The summed E-state index contributed by atoms with van der Waals surface area (Å²) in [6.07, 6.45) is 2.22. The number of carbonyl (C=O) groups is 1. The van der Waals surface area contributed by atoms with Gasteiger partial charge in [0, 0.05) is 29.4 Å². The minimum atomic E-state index is -0.873. The lowest BCUT2D eigenvalue weighted by atomic mass is 10.1. The molecule has 1 aromatic carbocycles. The number of hydrogen-bond acceptors (Lipinski definition) is 3. The minimum absolute atomic E-state index is 0.109. The average Bonchev–Trinajstić information content (AvgIpc) is 2.29. The van der Waals surface area contributed by atoms with Gasteiger partial charge in [0.1, 0.15) is 0 Å². The Bertz CT molecular complexity index is 381. The van der Waals surface area contributed by atoms with Crippen LogP contribution in [0.25, 0.3) is 0 Å². The summed E-state index contributed by atoms with van der Waals surface area (Å²) >= 11 is 4.27. The first-order valence-electron chi connectivity index (χ1n) is 5.39. The molecule has 2 atom stereocenters. The van der Waals surface area contributed by atoms with E-state index in [1.54, 1.807) is 6.26 Å². The van der Waals surface area contributed by atoms with Crippen molar-refractivity contribution in [2.45, 2.75) is 11.7 Å². The Morgan fingerprint density at radius 1 is 1.41 bits per heavy atom. The Morgan fingerprint density at radius 3 is 2.65 bits per heavy atom. The van der Waals surface area contributed by atoms with E-state index in [0.29, 0.717) is 18.7 Å². The van der Waals surface area contributed by atoms with Gasteiger partial charge in [-0.05, 0) is 12.0 Å². The van der Waals surface area contributed by atoms with Gasteiger partial charge in [-0.15, -0.1) is 0 Å². The predicted octanol–water partition coefficient (Wildman–Crippen LogP) is 1.02. The molecule has 2 unspecified atom stereocenters. The Labute approximate surface area is 110 Å². The number of amides is 1. The van der Waals surface area contributed by atoms with Crippen molar-refractivity contribution in [1.29, 1.82) is 0 Å². The van der Waals surface area contributed by atoms with Crippen LogP contribution in [0.15, 0.2) is 30.3 Å². The zero-order chi connectivity index (χ0) is 12.7. The van der Waals surface area contributed by atoms with Crippen molar-refractivity contribution in [3.8, 4) is 0 Å². The summed E-state index contributed by atoms with van der Waals surface area (Å²) in [5.41, 5.74) is 1.08. The Hall–Kier alpha value is -0.810. The summed E-state index contributed by atoms with van der Waals surface area (Å²) in [6, 6.07) is 9.75. The van der Waals surface area contributed by atoms with Crippen LogP contribution in [0.3, 0.4) is 0 Å². The van der Waals surface area contributed by atoms with Crippen LogP contribution in [0.2, 0.25) is 0 Å². The fraction of sp³-hybridized carbons (Fsp3) is 0.417. The summed E-state index contributed by atoms with van der Waals surface area (Å²) in [6.45, 7) is 0.438. The van der Waals surface area contributed by atoms with Crippen molar-refractivity contribution in [2.75, 3.05) is 18.6 Å². The molecule has 0 saturated heterocycles. The molecule has 0 aliphatic rings. The van der Waals surface area contributed by atoms with Crippen molar-refractivity contribution in [2.24, 2.45) is 0 Å². The fourth-order valence-electron chi connectivity index (χ4n) is 1.37. The molecule has 5 heteroatoms. The van der Waals surface area contributed by atoms with Gasteiger partial charge in [0.2, 0.25) is 5.91 Å². The number of nitrogens with one attached hydrogen (secondary N) is 1. The molecular formula is C12H17NO2S2. The first kappa shape index (κ1) is 14.3. The van der Waals surface area contributed by atoms with Gasteiger partial charge in [-0.2, -0.15) is 12.6 Å². The monoisotopic (exact) mass is 271 g/mol.